The first-order valence-corrected chi connectivity index (χ1v) is 6.79. The average molecular weight is 258 g/mol. The zero-order chi connectivity index (χ0) is 12.5. The fourth-order valence-electron chi connectivity index (χ4n) is 2.57. The fraction of sp³-hybridized carbons (Fsp3) is 0.214. The van der Waals surface area contributed by atoms with E-state index in [0.29, 0.717) is 0 Å². The zero-order valence-electron chi connectivity index (χ0n) is 9.80. The van der Waals surface area contributed by atoms with Gasteiger partial charge in [-0.1, -0.05) is 30.3 Å². The molecule has 1 amide bonds. The molecular formula is C14H14N2OS. The van der Waals surface area contributed by atoms with Crippen molar-refractivity contribution in [3.05, 3.63) is 57.8 Å². The minimum Gasteiger partial charge on any atom is -0.369 e. The van der Waals surface area contributed by atoms with Gasteiger partial charge in [0.1, 0.15) is 0 Å². The Balaban J connectivity index is 2.07. The topological polar surface area (TPSA) is 55.1 Å². The van der Waals surface area contributed by atoms with Crippen LogP contribution in [0.2, 0.25) is 0 Å². The van der Waals surface area contributed by atoms with Gasteiger partial charge in [0.25, 0.3) is 0 Å². The van der Waals surface area contributed by atoms with E-state index in [1.807, 2.05) is 41.8 Å². The van der Waals surface area contributed by atoms with Gasteiger partial charge in [-0.3, -0.25) is 4.79 Å². The van der Waals surface area contributed by atoms with Crippen molar-refractivity contribution in [3.8, 4) is 0 Å². The molecule has 1 aromatic heterocycles. The molecule has 0 radical (unpaired) electrons. The van der Waals surface area contributed by atoms with Gasteiger partial charge in [-0.2, -0.15) is 0 Å². The quantitative estimate of drug-likeness (QED) is 0.867. The lowest BCUT2D eigenvalue weighted by atomic mass is 9.83. The van der Waals surface area contributed by atoms with Crippen LogP contribution in [-0.4, -0.2) is 5.91 Å². The largest absolute Gasteiger partial charge is 0.369 e. The Bertz CT molecular complexity index is 565. The van der Waals surface area contributed by atoms with Crippen LogP contribution in [0.25, 0.3) is 0 Å². The number of hydrogen-bond donors (Lipinski definition) is 2. The van der Waals surface area contributed by atoms with E-state index >= 15 is 0 Å². The number of primary amides is 1. The molecule has 3 N–H and O–H groups in total. The fourth-order valence-corrected chi connectivity index (χ4v) is 3.40. The first-order valence-electron chi connectivity index (χ1n) is 5.91. The number of carbonyl (C=O) groups excluding carboxylic acids is 1. The summed E-state index contributed by atoms with van der Waals surface area (Å²) >= 11 is 1.65. The molecule has 0 saturated carbocycles. The molecule has 1 aromatic carbocycles. The van der Waals surface area contributed by atoms with E-state index in [9.17, 15) is 4.79 Å². The predicted octanol–water partition coefficient (Wildman–Crippen LogP) is 2.16. The van der Waals surface area contributed by atoms with Crippen molar-refractivity contribution < 1.29 is 4.79 Å². The van der Waals surface area contributed by atoms with Gasteiger partial charge in [0, 0.05) is 11.4 Å². The molecule has 0 fully saturated rings. The smallest absolute Gasteiger partial charge is 0.226 e. The second kappa shape index (κ2) is 4.55. The highest BCUT2D eigenvalue weighted by Gasteiger charge is 2.34. The highest BCUT2D eigenvalue weighted by molar-refractivity contribution is 7.10. The average Bonchev–Trinajstić information content (AvgIpc) is 2.90. The molecule has 0 spiro atoms. The van der Waals surface area contributed by atoms with E-state index in [2.05, 4.69) is 5.32 Å². The van der Waals surface area contributed by atoms with Crippen molar-refractivity contribution in [2.24, 2.45) is 5.73 Å². The monoisotopic (exact) mass is 258 g/mol. The standard InChI is InChI=1S/C14H14N2OS/c15-14(17)12-10-5-2-1-4-9(10)8-16-13(12)11-6-3-7-18-11/h1-7,12-13,16H,8H2,(H2,15,17). The summed E-state index contributed by atoms with van der Waals surface area (Å²) < 4.78 is 0. The third-order valence-electron chi connectivity index (χ3n) is 3.39. The van der Waals surface area contributed by atoms with Crippen LogP contribution in [0, 0.1) is 0 Å². The Morgan fingerprint density at radius 3 is 2.83 bits per heavy atom. The number of hydrogen-bond acceptors (Lipinski definition) is 3. The minimum absolute atomic E-state index is 0.00241. The summed E-state index contributed by atoms with van der Waals surface area (Å²) in [7, 11) is 0. The molecule has 92 valence electrons. The number of thiophene rings is 1. The molecule has 1 aliphatic rings. The molecule has 2 unspecified atom stereocenters. The van der Waals surface area contributed by atoms with E-state index in [0.717, 1.165) is 22.5 Å². The third-order valence-corrected chi connectivity index (χ3v) is 4.35. The van der Waals surface area contributed by atoms with Crippen LogP contribution >= 0.6 is 11.3 Å². The van der Waals surface area contributed by atoms with Crippen LogP contribution < -0.4 is 11.1 Å². The second-order valence-corrected chi connectivity index (χ2v) is 5.43. The maximum atomic E-state index is 11.8. The van der Waals surface area contributed by atoms with Crippen molar-refractivity contribution in [3.63, 3.8) is 0 Å². The highest BCUT2D eigenvalue weighted by Crippen LogP contribution is 2.38. The first kappa shape index (κ1) is 11.4. The third kappa shape index (κ3) is 1.83. The number of benzene rings is 1. The Morgan fingerprint density at radius 2 is 2.11 bits per heavy atom. The molecule has 2 atom stereocenters. The summed E-state index contributed by atoms with van der Waals surface area (Å²) in [6.07, 6.45) is 0. The maximum absolute atomic E-state index is 11.8. The normalized spacial score (nSPS) is 22.4. The molecule has 2 aromatic rings. The molecule has 3 nitrogen and oxygen atoms in total. The van der Waals surface area contributed by atoms with Gasteiger partial charge in [0.15, 0.2) is 0 Å². The molecule has 18 heavy (non-hydrogen) atoms. The molecule has 0 aliphatic carbocycles. The summed E-state index contributed by atoms with van der Waals surface area (Å²) in [5.41, 5.74) is 7.82. The zero-order valence-corrected chi connectivity index (χ0v) is 10.6. The maximum Gasteiger partial charge on any atom is 0.226 e. The number of nitrogens with one attached hydrogen (secondary N) is 1. The van der Waals surface area contributed by atoms with Crippen molar-refractivity contribution in [2.45, 2.75) is 18.5 Å². The SMILES string of the molecule is NC(=O)C1c2ccccc2CNC1c1cccs1. The molecule has 1 aliphatic heterocycles. The van der Waals surface area contributed by atoms with Crippen LogP contribution in [0.1, 0.15) is 28.0 Å². The molecule has 2 heterocycles. The Morgan fingerprint density at radius 1 is 1.28 bits per heavy atom. The lowest BCUT2D eigenvalue weighted by Crippen LogP contribution is -2.38. The van der Waals surface area contributed by atoms with Gasteiger partial charge >= 0.3 is 0 Å². The van der Waals surface area contributed by atoms with Crippen LogP contribution in [0.4, 0.5) is 0 Å². The number of carbonyl (C=O) groups is 1. The van der Waals surface area contributed by atoms with Crippen molar-refractivity contribution in [2.75, 3.05) is 0 Å². The van der Waals surface area contributed by atoms with Crippen LogP contribution in [-0.2, 0) is 11.3 Å². The summed E-state index contributed by atoms with van der Waals surface area (Å²) in [5.74, 6) is -0.554. The van der Waals surface area contributed by atoms with Crippen LogP contribution in [0.15, 0.2) is 41.8 Å². The van der Waals surface area contributed by atoms with Gasteiger partial charge in [-0.05, 0) is 22.6 Å². The second-order valence-electron chi connectivity index (χ2n) is 4.45. The van der Waals surface area contributed by atoms with Crippen molar-refractivity contribution >= 4 is 17.2 Å². The summed E-state index contributed by atoms with van der Waals surface area (Å²) in [4.78, 5) is 13.0. The summed E-state index contributed by atoms with van der Waals surface area (Å²) in [6, 6.07) is 12.1. The van der Waals surface area contributed by atoms with Crippen molar-refractivity contribution in [1.29, 1.82) is 0 Å². The number of rotatable bonds is 2. The Hall–Kier alpha value is -1.65. The number of amides is 1. The lowest BCUT2D eigenvalue weighted by molar-refractivity contribution is -0.120. The molecule has 0 saturated heterocycles. The van der Waals surface area contributed by atoms with E-state index in [4.69, 9.17) is 5.73 Å². The van der Waals surface area contributed by atoms with E-state index < -0.39 is 0 Å². The van der Waals surface area contributed by atoms with Gasteiger partial charge in [-0.15, -0.1) is 11.3 Å². The number of nitrogens with two attached hydrogens (primary N) is 1. The van der Waals surface area contributed by atoms with Gasteiger partial charge in [-0.25, -0.2) is 0 Å². The van der Waals surface area contributed by atoms with Crippen LogP contribution in [0.5, 0.6) is 0 Å². The van der Waals surface area contributed by atoms with E-state index in [-0.39, 0.29) is 17.9 Å². The number of fused-ring (bicyclic) bond motifs is 1. The first-order chi connectivity index (χ1) is 8.77. The highest BCUT2D eigenvalue weighted by atomic mass is 32.1. The van der Waals surface area contributed by atoms with Gasteiger partial charge < -0.3 is 11.1 Å². The summed E-state index contributed by atoms with van der Waals surface area (Å²) in [6.45, 7) is 0.780. The van der Waals surface area contributed by atoms with E-state index in [1.165, 1.54) is 0 Å². The van der Waals surface area contributed by atoms with Crippen LogP contribution in [0.3, 0.4) is 0 Å². The lowest BCUT2D eigenvalue weighted by Gasteiger charge is -2.32. The molecule has 0 bridgehead atoms. The minimum atomic E-state index is -0.284. The Kier molecular flexibility index (Phi) is 2.89. The van der Waals surface area contributed by atoms with Gasteiger partial charge in [0.05, 0.1) is 12.0 Å². The molecule has 4 heteroatoms. The predicted molar refractivity (Wildman–Crippen MR) is 72.3 cm³/mol. The van der Waals surface area contributed by atoms with Crippen molar-refractivity contribution in [1.82, 2.24) is 5.32 Å². The van der Waals surface area contributed by atoms with E-state index in [1.54, 1.807) is 11.3 Å². The molecule has 3 rings (SSSR count). The summed E-state index contributed by atoms with van der Waals surface area (Å²) in [5, 5.41) is 5.44. The Labute approximate surface area is 110 Å². The van der Waals surface area contributed by atoms with Gasteiger partial charge in [0.2, 0.25) is 5.91 Å². The molecular weight excluding hydrogens is 244 g/mol.